The summed E-state index contributed by atoms with van der Waals surface area (Å²) in [6.45, 7) is 18.5. The Morgan fingerprint density at radius 2 is 0.725 bits per heavy atom. The Bertz CT molecular complexity index is 3580. The number of hydrogen-bond donors (Lipinski definition) is 15. The van der Waals surface area contributed by atoms with Crippen LogP contribution in [0.5, 0.6) is 0 Å². The van der Waals surface area contributed by atoms with Gasteiger partial charge in [-0.2, -0.15) is 0 Å². The van der Waals surface area contributed by atoms with Gasteiger partial charge >= 0.3 is 0 Å². The Balaban J connectivity index is 0.000000181. The molecule has 0 bridgehead atoms. The van der Waals surface area contributed by atoms with Crippen LogP contribution < -0.4 is 54.4 Å². The van der Waals surface area contributed by atoms with Crippen molar-refractivity contribution in [2.24, 2.45) is 11.8 Å². The van der Waals surface area contributed by atoms with Gasteiger partial charge in [-0.1, -0.05) is 97.6 Å². The van der Waals surface area contributed by atoms with Crippen LogP contribution in [0, 0.1) is 11.8 Å². The zero-order valence-corrected chi connectivity index (χ0v) is 53.9. The number of rotatable bonds is 29. The number of fused-ring (bicyclic) bond motifs is 5. The summed E-state index contributed by atoms with van der Waals surface area (Å²) in [6, 6.07) is 0.449. The third-order valence-corrected chi connectivity index (χ3v) is 16.7. The maximum absolute atomic E-state index is 11.6. The Kier molecular flexibility index (Phi) is 30.3. The average Bonchev–Trinajstić information content (AvgIpc) is 1.89. The Morgan fingerprint density at radius 3 is 1.01 bits per heavy atom. The first kappa shape index (κ1) is 72.8. The third-order valence-electron chi connectivity index (χ3n) is 16.7. The summed E-state index contributed by atoms with van der Waals surface area (Å²) in [7, 11) is 0. The van der Waals surface area contributed by atoms with Gasteiger partial charge in [0.25, 0.3) is 27.8 Å². The maximum atomic E-state index is 11.6. The van der Waals surface area contributed by atoms with Crippen molar-refractivity contribution >= 4 is 27.9 Å². The number of allylic oxidation sites excluding steroid dienone is 5. The minimum atomic E-state index is -0.0635. The molecule has 0 saturated heterocycles. The fourth-order valence-corrected chi connectivity index (χ4v) is 11.0. The van der Waals surface area contributed by atoms with Crippen molar-refractivity contribution in [1.29, 1.82) is 0 Å². The fraction of sp³-hybridized carbons (Fsp3) is 0.545. The molecule has 0 unspecified atom stereocenters. The molecule has 0 fully saturated rings. The van der Waals surface area contributed by atoms with Gasteiger partial charge in [-0.05, 0) is 98.0 Å². The smallest absolute Gasteiger partial charge is 0.254 e. The summed E-state index contributed by atoms with van der Waals surface area (Å²) in [4.78, 5) is 91.9. The molecule has 0 saturated carbocycles. The lowest BCUT2D eigenvalue weighted by Gasteiger charge is -2.22. The van der Waals surface area contributed by atoms with E-state index in [0.717, 1.165) is 129 Å². The van der Waals surface area contributed by atoms with Crippen molar-refractivity contribution in [3.63, 3.8) is 0 Å². The van der Waals surface area contributed by atoms with Crippen molar-refractivity contribution in [2.45, 2.75) is 156 Å². The van der Waals surface area contributed by atoms with Crippen LogP contribution in [0.1, 0.15) is 150 Å². The first-order valence-electron chi connectivity index (χ1n) is 32.0. The lowest BCUT2D eigenvalue weighted by atomic mass is 9.99. The first-order chi connectivity index (χ1) is 44.0. The SMILES string of the molecule is CC(C)C[C@H](CO)NCC1=CCc2c1nc[nH]c2=O.CCCC[C@H](CO)NCC1=CCc2c1nc[nH]c2=O.CCC[C@H](CO)NCC1=CCc2c1nc[nH]c2=O.CC[C@H](C)[C@H](CO)NCC1=CCc2c1nc[nH]c2=O.C[C@H](CO)NCC1=CCc2c1nc[nH]c2=O. The third kappa shape index (κ3) is 21.1. The van der Waals surface area contributed by atoms with E-state index in [1.54, 1.807) is 0 Å². The minimum Gasteiger partial charge on any atom is -0.395 e. The fourth-order valence-electron chi connectivity index (χ4n) is 11.0. The monoisotopic (exact) mass is 1260 g/mol. The molecule has 496 valence electrons. The van der Waals surface area contributed by atoms with E-state index in [1.807, 2.05) is 37.3 Å². The number of aromatic amines is 5. The van der Waals surface area contributed by atoms with Gasteiger partial charge in [-0.15, -0.1) is 0 Å². The molecule has 10 rings (SSSR count). The van der Waals surface area contributed by atoms with Crippen molar-refractivity contribution < 1.29 is 25.5 Å². The largest absolute Gasteiger partial charge is 0.395 e. The molecule has 15 N–H and O–H groups in total. The summed E-state index contributed by atoms with van der Waals surface area (Å²) < 4.78 is 0. The van der Waals surface area contributed by atoms with E-state index < -0.39 is 0 Å². The summed E-state index contributed by atoms with van der Waals surface area (Å²) >= 11 is 0. The van der Waals surface area contributed by atoms with E-state index in [9.17, 15) is 44.4 Å². The molecule has 5 aromatic rings. The van der Waals surface area contributed by atoms with Crippen molar-refractivity contribution in [3.8, 4) is 0 Å². The number of aliphatic hydroxyl groups excluding tert-OH is 5. The summed E-state index contributed by atoms with van der Waals surface area (Å²) in [6.07, 6.45) is 27.7. The second kappa shape index (κ2) is 37.9. The first-order valence-corrected chi connectivity index (χ1v) is 32.0. The van der Waals surface area contributed by atoms with E-state index in [2.05, 4.69) is 118 Å². The summed E-state index contributed by atoms with van der Waals surface area (Å²) in [5.74, 6) is 0.953. The number of nitrogens with zero attached hydrogens (tertiary/aromatic N) is 5. The van der Waals surface area contributed by atoms with Gasteiger partial charge in [-0.3, -0.25) is 24.0 Å². The number of H-pyrrole nitrogens is 5. The van der Waals surface area contributed by atoms with Gasteiger partial charge in [0.05, 0.1) is 93.1 Å². The van der Waals surface area contributed by atoms with E-state index in [0.29, 0.717) is 76.7 Å². The van der Waals surface area contributed by atoms with Crippen molar-refractivity contribution in [1.82, 2.24) is 76.4 Å². The van der Waals surface area contributed by atoms with E-state index >= 15 is 0 Å². The molecular weight excluding hydrogens is 1160 g/mol. The molecular formula is C66H97N15O10. The average molecular weight is 1260 g/mol. The van der Waals surface area contributed by atoms with E-state index in [-0.39, 0.29) is 91.0 Å². The molecule has 25 heteroatoms. The van der Waals surface area contributed by atoms with Gasteiger partial charge in [0.2, 0.25) is 0 Å². The summed E-state index contributed by atoms with van der Waals surface area (Å²) in [5, 5.41) is 62.6. The zero-order valence-electron chi connectivity index (χ0n) is 53.9. The number of nitrogens with one attached hydrogen (secondary N) is 10. The van der Waals surface area contributed by atoms with Crippen LogP contribution in [0.4, 0.5) is 0 Å². The summed E-state index contributed by atoms with van der Waals surface area (Å²) in [5.41, 5.74) is 12.6. The molecule has 5 aliphatic rings. The van der Waals surface area contributed by atoms with Crippen LogP contribution in [0.3, 0.4) is 0 Å². The van der Waals surface area contributed by atoms with Gasteiger partial charge in [0, 0.05) is 90.8 Å². The molecule has 0 aromatic carbocycles. The topological polar surface area (TPSA) is 390 Å². The second-order valence-electron chi connectivity index (χ2n) is 23.8. The Morgan fingerprint density at radius 1 is 0.407 bits per heavy atom. The number of aromatic nitrogens is 10. The van der Waals surface area contributed by atoms with E-state index in [1.165, 1.54) is 31.6 Å². The number of hydrogen-bond acceptors (Lipinski definition) is 20. The highest BCUT2D eigenvalue weighted by Gasteiger charge is 2.24. The minimum absolute atomic E-state index is 0.0481. The van der Waals surface area contributed by atoms with Crippen LogP contribution in [0.25, 0.3) is 27.9 Å². The Labute approximate surface area is 531 Å². The molecule has 5 aromatic heterocycles. The molecule has 0 spiro atoms. The molecule has 5 heterocycles. The molecule has 0 amide bonds. The molecule has 25 nitrogen and oxygen atoms in total. The van der Waals surface area contributed by atoms with Gasteiger partial charge in [0.15, 0.2) is 0 Å². The van der Waals surface area contributed by atoms with Crippen LogP contribution in [-0.4, -0.2) is 171 Å². The van der Waals surface area contributed by atoms with Crippen LogP contribution in [0.15, 0.2) is 86.0 Å². The molecule has 91 heavy (non-hydrogen) atoms. The lowest BCUT2D eigenvalue weighted by Crippen LogP contribution is -2.38. The van der Waals surface area contributed by atoms with Gasteiger partial charge in [0.1, 0.15) is 0 Å². The lowest BCUT2D eigenvalue weighted by molar-refractivity contribution is 0.206. The maximum Gasteiger partial charge on any atom is 0.254 e. The van der Waals surface area contributed by atoms with Crippen LogP contribution in [-0.2, 0) is 32.1 Å². The van der Waals surface area contributed by atoms with Crippen molar-refractivity contribution in [3.05, 3.63) is 170 Å². The highest BCUT2D eigenvalue weighted by molar-refractivity contribution is 5.73. The second-order valence-corrected chi connectivity index (χ2v) is 23.8. The normalized spacial score (nSPS) is 15.7. The number of unbranched alkanes of at least 4 members (excludes halogenated alkanes) is 1. The molecule has 0 aliphatic heterocycles. The van der Waals surface area contributed by atoms with Gasteiger partial charge in [-0.25, -0.2) is 24.9 Å². The van der Waals surface area contributed by atoms with Gasteiger partial charge < -0.3 is 77.0 Å². The Hall–Kier alpha value is -7.30. The quantitative estimate of drug-likeness (QED) is 0.0327. The van der Waals surface area contributed by atoms with Crippen LogP contribution in [0.2, 0.25) is 0 Å². The van der Waals surface area contributed by atoms with Crippen LogP contribution >= 0.6 is 0 Å². The highest BCUT2D eigenvalue weighted by atomic mass is 16.3. The highest BCUT2D eigenvalue weighted by Crippen LogP contribution is 2.26. The molecule has 6 atom stereocenters. The van der Waals surface area contributed by atoms with Crippen molar-refractivity contribution in [2.75, 3.05) is 65.8 Å². The molecule has 0 radical (unpaired) electrons. The number of aliphatic hydroxyl groups is 5. The predicted molar refractivity (Wildman–Crippen MR) is 356 cm³/mol. The van der Waals surface area contributed by atoms with E-state index in [4.69, 9.17) is 5.11 Å². The zero-order chi connectivity index (χ0) is 65.8. The molecule has 5 aliphatic carbocycles. The standard InChI is InChI=1S/3C14H21N3O2.C13H19N3O2.C11H15N3O2/c1-9(2)5-11(7-18)15-6-10-3-4-12-13(10)16-8-17-14(12)19;1-3-9(2)12(7-18)15-6-10-4-5-11-13(10)16-8-17-14(11)19;1-2-3-4-11(8-18)15-7-10-5-6-12-13(10)16-9-17-14(12)19;1-2-3-10(7-17)14-6-9-4-5-11-12(9)15-8-16-13(11)18;1-7(5-15)12-4-8-2-3-9-10(8)13-6-14-11(9)16/h3,8-9,11,15,18H,4-7H2,1-2H3,(H,16,17,19);4,8-9,12,15,18H,3,5-7H2,1-2H3,(H,16,17,19);5,9,11,15,18H,2-4,6-8H2,1H3,(H,16,17,19);4,8,10,14,17H,2-3,5-7H2,1H3,(H,15,16,18);2,6-7,12,15H,3-5H2,1H3,(H,13,14,16)/t11-;9-,12-;11-;10-;7-/m10111/s1. The predicted octanol–water partition coefficient (Wildman–Crippen LogP) is 2.40.